The molecular weight excluding hydrogens is 295 g/mol. The van der Waals surface area contributed by atoms with Crippen LogP contribution in [0.25, 0.3) is 0 Å². The normalized spacial score (nSPS) is 20.1. The largest absolute Gasteiger partial charge is 0.756 e. The molecule has 9 nitrogen and oxygen atoms in total. The molecular formula is C6H14FNO8P2-2. The van der Waals surface area contributed by atoms with E-state index in [0.717, 1.165) is 0 Å². The monoisotopic (exact) mass is 309 g/mol. The fourth-order valence-corrected chi connectivity index (χ4v) is 2.05. The average Bonchev–Trinajstić information content (AvgIpc) is 2.21. The van der Waals surface area contributed by atoms with E-state index in [1.54, 1.807) is 0 Å². The Labute approximate surface area is 103 Å². The van der Waals surface area contributed by atoms with Crippen LogP contribution in [0.15, 0.2) is 0 Å². The third kappa shape index (κ3) is 10.1. The Morgan fingerprint density at radius 1 is 1.28 bits per heavy atom. The van der Waals surface area contributed by atoms with E-state index < -0.39 is 41.3 Å². The van der Waals surface area contributed by atoms with Gasteiger partial charge < -0.3 is 28.3 Å². The molecule has 0 aromatic rings. The number of rotatable bonds is 10. The summed E-state index contributed by atoms with van der Waals surface area (Å²) in [6.45, 7) is -0.322. The molecule has 110 valence electrons. The van der Waals surface area contributed by atoms with Gasteiger partial charge in [0.2, 0.25) is 0 Å². The molecule has 0 aromatic carbocycles. The molecule has 0 rings (SSSR count). The lowest BCUT2D eigenvalue weighted by molar-refractivity contribution is -0.226. The van der Waals surface area contributed by atoms with E-state index in [0.29, 0.717) is 0 Å². The highest BCUT2D eigenvalue weighted by atomic mass is 31.2. The Hall–Kier alpha value is 0.110. The van der Waals surface area contributed by atoms with E-state index in [2.05, 4.69) is 13.6 Å². The minimum atomic E-state index is -4.95. The molecule has 3 atom stereocenters. The maximum absolute atomic E-state index is 11.9. The van der Waals surface area contributed by atoms with Gasteiger partial charge in [-0.2, -0.15) is 5.54 Å². The van der Waals surface area contributed by atoms with Crippen molar-refractivity contribution in [3.63, 3.8) is 0 Å². The Balaban J connectivity index is 4.19. The van der Waals surface area contributed by atoms with Crippen LogP contribution in [0, 0.1) is 5.92 Å². The van der Waals surface area contributed by atoms with Crippen molar-refractivity contribution in [3.05, 3.63) is 0 Å². The van der Waals surface area contributed by atoms with E-state index >= 15 is 0 Å². The van der Waals surface area contributed by atoms with Crippen LogP contribution < -0.4 is 15.3 Å². The van der Waals surface area contributed by atoms with E-state index in [1.807, 2.05) is 0 Å². The number of phosphoric ester groups is 2. The molecule has 2 N–H and O–H groups in total. The summed E-state index contributed by atoms with van der Waals surface area (Å²) in [5.74, 6) is -0.952. The van der Waals surface area contributed by atoms with Crippen LogP contribution in [0.3, 0.4) is 0 Å². The number of hydrogen-bond acceptors (Lipinski definition) is 8. The van der Waals surface area contributed by atoms with E-state index in [9.17, 15) is 23.4 Å². The molecule has 0 heterocycles. The van der Waals surface area contributed by atoms with Crippen molar-refractivity contribution < 1.29 is 41.9 Å². The predicted octanol–water partition coefficient (Wildman–Crippen LogP) is -0.925. The second kappa shape index (κ2) is 8.31. The minimum Gasteiger partial charge on any atom is -0.756 e. The minimum absolute atomic E-state index is 0.129. The molecule has 0 bridgehead atoms. The first kappa shape index (κ1) is 18.1. The quantitative estimate of drug-likeness (QED) is 0.387. The van der Waals surface area contributed by atoms with Gasteiger partial charge >= 0.3 is 0 Å². The molecule has 0 aromatic heterocycles. The molecule has 0 aliphatic rings. The molecule has 0 saturated heterocycles. The lowest BCUT2D eigenvalue weighted by atomic mass is 10.2. The van der Waals surface area contributed by atoms with Crippen molar-refractivity contribution in [1.82, 2.24) is 5.54 Å². The standard InChI is InChI=1S/C6H16FNO8P2/c1-2-14-18(12,13)16-5-6(3-8-7)4-15-17(9,10)11/h6,8H,2-5H2,1H3,(H,12,13)(H2,9,10,11)/p-2. The third-order valence-electron chi connectivity index (χ3n) is 1.59. The number of halogens is 1. The smallest absolute Gasteiger partial charge is 0.267 e. The van der Waals surface area contributed by atoms with E-state index in [4.69, 9.17) is 4.89 Å². The Bertz CT molecular complexity index is 323. The van der Waals surface area contributed by atoms with E-state index in [1.165, 1.54) is 12.5 Å². The molecule has 0 saturated carbocycles. The van der Waals surface area contributed by atoms with Crippen LogP contribution >= 0.6 is 15.6 Å². The van der Waals surface area contributed by atoms with Crippen LogP contribution in [0.5, 0.6) is 0 Å². The molecule has 18 heavy (non-hydrogen) atoms. The highest BCUT2D eigenvalue weighted by Gasteiger charge is 2.17. The fraction of sp³-hybridized carbons (Fsp3) is 1.00. The van der Waals surface area contributed by atoms with Crippen molar-refractivity contribution in [2.45, 2.75) is 6.92 Å². The Morgan fingerprint density at radius 2 is 1.83 bits per heavy atom. The summed E-state index contributed by atoms with van der Waals surface area (Å²) >= 11 is 0. The molecule has 0 aliphatic carbocycles. The lowest BCUT2D eigenvalue weighted by Crippen LogP contribution is -2.26. The highest BCUT2D eigenvalue weighted by Crippen LogP contribution is 2.38. The number of hydrogen-bond donors (Lipinski definition) is 2. The van der Waals surface area contributed by atoms with E-state index in [-0.39, 0.29) is 6.61 Å². The van der Waals surface area contributed by atoms with Crippen molar-refractivity contribution in [2.75, 3.05) is 26.4 Å². The maximum Gasteiger partial charge on any atom is 0.267 e. The summed E-state index contributed by atoms with van der Waals surface area (Å²) in [7, 11) is -9.45. The molecule has 12 heteroatoms. The first-order valence-electron chi connectivity index (χ1n) is 4.82. The van der Waals surface area contributed by atoms with Crippen LogP contribution in [0.2, 0.25) is 0 Å². The van der Waals surface area contributed by atoms with Gasteiger partial charge in [-0.15, -0.1) is 4.48 Å². The first-order chi connectivity index (χ1) is 8.20. The van der Waals surface area contributed by atoms with Gasteiger partial charge in [-0.25, -0.2) is 0 Å². The van der Waals surface area contributed by atoms with Crippen molar-refractivity contribution in [2.24, 2.45) is 5.92 Å². The van der Waals surface area contributed by atoms with Crippen molar-refractivity contribution >= 4 is 15.6 Å². The SMILES string of the molecule is CCOP(=O)([O-])OCC(CNF)COP(=O)([O-])O. The van der Waals surface area contributed by atoms with Crippen LogP contribution in [0.4, 0.5) is 4.48 Å². The molecule has 0 fully saturated rings. The van der Waals surface area contributed by atoms with Gasteiger partial charge in [0.05, 0.1) is 19.8 Å². The zero-order chi connectivity index (χ0) is 14.2. The van der Waals surface area contributed by atoms with Gasteiger partial charge in [0.25, 0.3) is 15.6 Å². The van der Waals surface area contributed by atoms with Gasteiger partial charge in [0.1, 0.15) is 0 Å². The maximum atomic E-state index is 11.9. The summed E-state index contributed by atoms with van der Waals surface area (Å²) in [5.41, 5.74) is 1.21. The Morgan fingerprint density at radius 3 is 2.28 bits per heavy atom. The van der Waals surface area contributed by atoms with Crippen LogP contribution in [-0.2, 0) is 22.7 Å². The Kier molecular flexibility index (Phi) is 8.37. The van der Waals surface area contributed by atoms with Crippen molar-refractivity contribution in [1.29, 1.82) is 0 Å². The third-order valence-corrected chi connectivity index (χ3v) is 3.11. The fourth-order valence-electron chi connectivity index (χ4n) is 0.867. The van der Waals surface area contributed by atoms with Crippen LogP contribution in [0.1, 0.15) is 6.92 Å². The molecule has 3 unspecified atom stereocenters. The zero-order valence-corrected chi connectivity index (χ0v) is 11.3. The molecule has 0 amide bonds. The topological polar surface area (TPSA) is 140 Å². The summed E-state index contributed by atoms with van der Waals surface area (Å²) in [6, 6.07) is 0. The number of phosphoric acid groups is 2. The van der Waals surface area contributed by atoms with Gasteiger partial charge in [-0.3, -0.25) is 9.13 Å². The zero-order valence-electron chi connectivity index (χ0n) is 9.48. The molecule has 0 spiro atoms. The molecule has 0 aliphatic heterocycles. The average molecular weight is 309 g/mol. The lowest BCUT2D eigenvalue weighted by Gasteiger charge is -2.25. The second-order valence-corrected chi connectivity index (χ2v) is 5.73. The molecule has 0 radical (unpaired) electrons. The van der Waals surface area contributed by atoms with Gasteiger partial charge in [0, 0.05) is 12.5 Å². The predicted molar refractivity (Wildman–Crippen MR) is 53.6 cm³/mol. The summed E-state index contributed by atoms with van der Waals surface area (Å²) in [6.07, 6.45) is 0. The van der Waals surface area contributed by atoms with Crippen LogP contribution in [-0.4, -0.2) is 31.3 Å². The summed E-state index contributed by atoms with van der Waals surface area (Å²) in [5, 5.41) is 0. The summed E-state index contributed by atoms with van der Waals surface area (Å²) in [4.78, 5) is 29.6. The highest BCUT2D eigenvalue weighted by molar-refractivity contribution is 7.45. The van der Waals surface area contributed by atoms with Crippen molar-refractivity contribution in [3.8, 4) is 0 Å². The second-order valence-electron chi connectivity index (χ2n) is 3.13. The van der Waals surface area contributed by atoms with Gasteiger partial charge in [-0.05, 0) is 6.92 Å². The first-order valence-corrected chi connectivity index (χ1v) is 7.77. The number of nitrogens with one attached hydrogen (secondary N) is 1. The van der Waals surface area contributed by atoms with Gasteiger partial charge in [-0.1, -0.05) is 0 Å². The van der Waals surface area contributed by atoms with Gasteiger partial charge in [0.15, 0.2) is 0 Å². The summed E-state index contributed by atoms with van der Waals surface area (Å²) < 4.78 is 45.8.